The van der Waals surface area contributed by atoms with Crippen LogP contribution < -0.4 is 5.32 Å². The van der Waals surface area contributed by atoms with Crippen LogP contribution in [0, 0.1) is 11.8 Å². The summed E-state index contributed by atoms with van der Waals surface area (Å²) in [5.74, 6) is 0.595. The van der Waals surface area contributed by atoms with Crippen molar-refractivity contribution in [1.82, 2.24) is 5.32 Å². The van der Waals surface area contributed by atoms with Gasteiger partial charge < -0.3 is 4.74 Å². The Labute approximate surface area is 125 Å². The molecule has 2 atom stereocenters. The summed E-state index contributed by atoms with van der Waals surface area (Å²) in [4.78, 5) is 11.9. The molecule has 1 N–H and O–H groups in total. The molecule has 0 radical (unpaired) electrons. The number of rotatable bonds is 6. The molecule has 0 heterocycles. The van der Waals surface area contributed by atoms with E-state index >= 15 is 0 Å². The monoisotopic (exact) mass is 295 g/mol. The van der Waals surface area contributed by atoms with Gasteiger partial charge in [-0.25, -0.2) is 0 Å². The van der Waals surface area contributed by atoms with E-state index in [-0.39, 0.29) is 24.0 Å². The second-order valence-electron chi connectivity index (χ2n) is 5.78. The number of nitrogens with one attached hydrogen (secondary N) is 1. The van der Waals surface area contributed by atoms with Crippen LogP contribution in [-0.4, -0.2) is 19.1 Å². The number of hydrogen-bond donors (Lipinski definition) is 1. The smallest absolute Gasteiger partial charge is 0.323 e. The molecule has 1 aromatic carbocycles. The molecule has 1 aliphatic carbocycles. The summed E-state index contributed by atoms with van der Waals surface area (Å²) in [6.07, 6.45) is 2.40. The van der Waals surface area contributed by atoms with E-state index in [2.05, 4.69) is 5.32 Å². The Balaban J connectivity index is 2.16. The predicted molar refractivity (Wildman–Crippen MR) is 80.7 cm³/mol. The van der Waals surface area contributed by atoms with Crippen molar-refractivity contribution in [3.05, 3.63) is 34.9 Å². The van der Waals surface area contributed by atoms with Crippen LogP contribution in [0.25, 0.3) is 0 Å². The third-order valence-electron chi connectivity index (χ3n) is 3.80. The fraction of sp³-hybridized carbons (Fsp3) is 0.562. The highest BCUT2D eigenvalue weighted by Crippen LogP contribution is 2.41. The molecule has 110 valence electrons. The van der Waals surface area contributed by atoms with E-state index in [0.29, 0.717) is 5.92 Å². The van der Waals surface area contributed by atoms with E-state index in [1.54, 1.807) is 0 Å². The Morgan fingerprint density at radius 3 is 2.35 bits per heavy atom. The second-order valence-corrected chi connectivity index (χ2v) is 6.21. The van der Waals surface area contributed by atoms with Crippen molar-refractivity contribution < 1.29 is 9.53 Å². The van der Waals surface area contributed by atoms with Crippen molar-refractivity contribution in [1.29, 1.82) is 0 Å². The lowest BCUT2D eigenvalue weighted by atomic mass is 9.97. The van der Waals surface area contributed by atoms with Crippen LogP contribution >= 0.6 is 11.6 Å². The maximum atomic E-state index is 11.9. The zero-order valence-electron chi connectivity index (χ0n) is 12.2. The van der Waals surface area contributed by atoms with Crippen LogP contribution in [0.3, 0.4) is 0 Å². The molecule has 1 aliphatic rings. The summed E-state index contributed by atoms with van der Waals surface area (Å²) < 4.78 is 4.91. The molecule has 0 bridgehead atoms. The first kappa shape index (κ1) is 15.3. The molecule has 2 rings (SSSR count). The Morgan fingerprint density at radius 2 is 1.90 bits per heavy atom. The maximum Gasteiger partial charge on any atom is 0.323 e. The first-order chi connectivity index (χ1) is 9.52. The second kappa shape index (κ2) is 6.59. The molecule has 0 saturated heterocycles. The first-order valence-electron chi connectivity index (χ1n) is 7.12. The fourth-order valence-electron chi connectivity index (χ4n) is 2.46. The van der Waals surface area contributed by atoms with E-state index < -0.39 is 0 Å². The molecule has 0 aliphatic heterocycles. The lowest BCUT2D eigenvalue weighted by Gasteiger charge is -2.27. The average molecular weight is 296 g/mol. The highest BCUT2D eigenvalue weighted by Gasteiger charge is 2.36. The van der Waals surface area contributed by atoms with E-state index in [1.165, 1.54) is 25.5 Å². The third-order valence-corrected chi connectivity index (χ3v) is 4.06. The highest BCUT2D eigenvalue weighted by atomic mass is 35.5. The van der Waals surface area contributed by atoms with Gasteiger partial charge in [-0.05, 0) is 42.4 Å². The summed E-state index contributed by atoms with van der Waals surface area (Å²) in [6, 6.07) is 7.78. The Hall–Kier alpha value is -1.06. The molecule has 20 heavy (non-hydrogen) atoms. The van der Waals surface area contributed by atoms with E-state index in [0.717, 1.165) is 5.02 Å². The van der Waals surface area contributed by atoms with Crippen LogP contribution in [0.15, 0.2) is 24.3 Å². The minimum absolute atomic E-state index is 0.191. The lowest BCUT2D eigenvalue weighted by Crippen LogP contribution is -2.44. The van der Waals surface area contributed by atoms with Crippen molar-refractivity contribution in [3.8, 4) is 0 Å². The SMILES string of the molecule is COC(=O)[C@@H](NC(c1ccc(Cl)cc1)C1CC1)C(C)C. The van der Waals surface area contributed by atoms with Gasteiger partial charge in [-0.2, -0.15) is 0 Å². The van der Waals surface area contributed by atoms with Gasteiger partial charge in [0.1, 0.15) is 6.04 Å². The van der Waals surface area contributed by atoms with Crippen molar-refractivity contribution in [2.45, 2.75) is 38.8 Å². The topological polar surface area (TPSA) is 38.3 Å². The van der Waals surface area contributed by atoms with Crippen LogP contribution in [-0.2, 0) is 9.53 Å². The number of esters is 1. The minimum atomic E-state index is -0.277. The van der Waals surface area contributed by atoms with Gasteiger partial charge in [-0.15, -0.1) is 0 Å². The van der Waals surface area contributed by atoms with Crippen LogP contribution in [0.2, 0.25) is 5.02 Å². The van der Waals surface area contributed by atoms with Crippen molar-refractivity contribution in [2.24, 2.45) is 11.8 Å². The molecule has 0 amide bonds. The fourth-order valence-corrected chi connectivity index (χ4v) is 2.58. The largest absolute Gasteiger partial charge is 0.468 e. The number of methoxy groups -OCH3 is 1. The molecular weight excluding hydrogens is 274 g/mol. The van der Waals surface area contributed by atoms with Gasteiger partial charge in [0.15, 0.2) is 0 Å². The van der Waals surface area contributed by atoms with Gasteiger partial charge >= 0.3 is 5.97 Å². The van der Waals surface area contributed by atoms with E-state index in [9.17, 15) is 4.79 Å². The molecule has 1 unspecified atom stereocenters. The summed E-state index contributed by atoms with van der Waals surface area (Å²) in [7, 11) is 1.44. The summed E-state index contributed by atoms with van der Waals surface area (Å²) >= 11 is 5.95. The first-order valence-corrected chi connectivity index (χ1v) is 7.50. The number of benzene rings is 1. The molecule has 1 fully saturated rings. The quantitative estimate of drug-likeness (QED) is 0.815. The summed E-state index contributed by atoms with van der Waals surface area (Å²) in [5, 5.41) is 4.22. The zero-order chi connectivity index (χ0) is 14.7. The summed E-state index contributed by atoms with van der Waals surface area (Å²) in [5.41, 5.74) is 1.19. The molecule has 0 aromatic heterocycles. The predicted octanol–water partition coefficient (Wildman–Crippen LogP) is 3.58. The van der Waals surface area contributed by atoms with Gasteiger partial charge in [-0.3, -0.25) is 10.1 Å². The van der Waals surface area contributed by atoms with Gasteiger partial charge in [0, 0.05) is 11.1 Å². The normalized spacial score (nSPS) is 17.9. The molecule has 4 heteroatoms. The zero-order valence-corrected chi connectivity index (χ0v) is 13.0. The van der Waals surface area contributed by atoms with Gasteiger partial charge in [0.25, 0.3) is 0 Å². The number of hydrogen-bond acceptors (Lipinski definition) is 3. The third kappa shape index (κ3) is 3.74. The van der Waals surface area contributed by atoms with Crippen LogP contribution in [0.5, 0.6) is 0 Å². The molecule has 0 spiro atoms. The molecule has 1 saturated carbocycles. The standard InChI is InChI=1S/C16H22ClNO2/c1-10(2)14(16(19)20-3)18-15(11-4-5-11)12-6-8-13(17)9-7-12/h6-11,14-15,18H,4-5H2,1-3H3/t14-,15?/m0/s1. The molecular formula is C16H22ClNO2. The summed E-state index contributed by atoms with van der Waals surface area (Å²) in [6.45, 7) is 4.06. The van der Waals surface area contributed by atoms with Crippen molar-refractivity contribution in [2.75, 3.05) is 7.11 Å². The minimum Gasteiger partial charge on any atom is -0.468 e. The number of halogens is 1. The Morgan fingerprint density at radius 1 is 1.30 bits per heavy atom. The molecule has 3 nitrogen and oxygen atoms in total. The van der Waals surface area contributed by atoms with E-state index in [4.69, 9.17) is 16.3 Å². The Bertz CT molecular complexity index is 454. The van der Waals surface area contributed by atoms with Crippen molar-refractivity contribution >= 4 is 17.6 Å². The maximum absolute atomic E-state index is 11.9. The van der Waals surface area contributed by atoms with Gasteiger partial charge in [-0.1, -0.05) is 37.6 Å². The number of carbonyl (C=O) groups is 1. The lowest BCUT2D eigenvalue weighted by molar-refractivity contribution is -0.144. The average Bonchev–Trinajstić information content (AvgIpc) is 3.24. The van der Waals surface area contributed by atoms with Crippen LogP contribution in [0.1, 0.15) is 38.3 Å². The number of ether oxygens (including phenoxy) is 1. The van der Waals surface area contributed by atoms with Gasteiger partial charge in [0.2, 0.25) is 0 Å². The van der Waals surface area contributed by atoms with Gasteiger partial charge in [0.05, 0.1) is 7.11 Å². The highest BCUT2D eigenvalue weighted by molar-refractivity contribution is 6.30. The number of carbonyl (C=O) groups excluding carboxylic acids is 1. The van der Waals surface area contributed by atoms with Crippen molar-refractivity contribution in [3.63, 3.8) is 0 Å². The molecule has 1 aromatic rings. The van der Waals surface area contributed by atoms with E-state index in [1.807, 2.05) is 38.1 Å². The van der Waals surface area contributed by atoms with Crippen LogP contribution in [0.4, 0.5) is 0 Å². The Kier molecular flexibility index (Phi) is 5.06.